The zero-order chi connectivity index (χ0) is 23.4. The Morgan fingerprint density at radius 3 is 2.48 bits per heavy atom. The Kier molecular flexibility index (Phi) is 9.00. The van der Waals surface area contributed by atoms with Gasteiger partial charge in [0.15, 0.2) is 9.84 Å². The first-order valence-corrected chi connectivity index (χ1v) is 15.4. The standard InChI is InChI=1S/C19H30N2O6S4/c1-5-12-30(24,25)21(11-7-10-20-9-6-8-17(20)22)18(23)15-13-16(19(28-4)29-15)31(26,27)14(2)3/h13-14H,5-12H2,1-4H3. The van der Waals surface area contributed by atoms with E-state index in [9.17, 15) is 26.4 Å². The first-order valence-electron chi connectivity index (χ1n) is 10.2. The molecule has 176 valence electrons. The van der Waals surface area contributed by atoms with E-state index >= 15 is 0 Å². The van der Waals surface area contributed by atoms with Crippen LogP contribution < -0.4 is 0 Å². The van der Waals surface area contributed by atoms with E-state index in [0.29, 0.717) is 36.6 Å². The van der Waals surface area contributed by atoms with E-state index in [4.69, 9.17) is 0 Å². The van der Waals surface area contributed by atoms with E-state index < -0.39 is 31.0 Å². The average molecular weight is 511 g/mol. The zero-order valence-corrected chi connectivity index (χ0v) is 21.6. The van der Waals surface area contributed by atoms with Crippen molar-refractivity contribution in [3.05, 3.63) is 10.9 Å². The van der Waals surface area contributed by atoms with E-state index in [1.807, 2.05) is 0 Å². The molecule has 1 aliphatic heterocycles. The van der Waals surface area contributed by atoms with Gasteiger partial charge in [0, 0.05) is 26.1 Å². The van der Waals surface area contributed by atoms with Crippen LogP contribution in [0.2, 0.25) is 0 Å². The Hall–Kier alpha value is -1.11. The van der Waals surface area contributed by atoms with Crippen molar-refractivity contribution in [2.45, 2.75) is 60.8 Å². The van der Waals surface area contributed by atoms with Gasteiger partial charge in [0.1, 0.15) is 0 Å². The molecule has 0 bridgehead atoms. The minimum absolute atomic E-state index is 0.0423. The average Bonchev–Trinajstić information content (AvgIpc) is 3.31. The Balaban J connectivity index is 2.32. The van der Waals surface area contributed by atoms with Gasteiger partial charge in [-0.15, -0.1) is 23.1 Å². The molecule has 0 saturated carbocycles. The van der Waals surface area contributed by atoms with E-state index in [1.54, 1.807) is 31.9 Å². The first kappa shape index (κ1) is 26.1. The summed E-state index contributed by atoms with van der Waals surface area (Å²) in [5.41, 5.74) is 0. The second kappa shape index (κ2) is 10.7. The van der Waals surface area contributed by atoms with E-state index in [1.165, 1.54) is 17.8 Å². The summed E-state index contributed by atoms with van der Waals surface area (Å²) in [6, 6.07) is 1.30. The first-order chi connectivity index (χ1) is 14.5. The summed E-state index contributed by atoms with van der Waals surface area (Å²) in [5.74, 6) is -0.855. The lowest BCUT2D eigenvalue weighted by atomic mass is 10.3. The molecule has 0 spiro atoms. The second-order valence-electron chi connectivity index (χ2n) is 7.59. The van der Waals surface area contributed by atoms with Crippen molar-refractivity contribution in [1.82, 2.24) is 9.21 Å². The van der Waals surface area contributed by atoms with Crippen molar-refractivity contribution in [2.75, 3.05) is 31.6 Å². The van der Waals surface area contributed by atoms with Gasteiger partial charge in [0.2, 0.25) is 15.9 Å². The van der Waals surface area contributed by atoms with Crippen molar-refractivity contribution in [1.29, 1.82) is 0 Å². The maximum atomic E-state index is 13.2. The topological polar surface area (TPSA) is 109 Å². The molecule has 1 fully saturated rings. The molecule has 2 rings (SSSR count). The van der Waals surface area contributed by atoms with Crippen molar-refractivity contribution in [3.8, 4) is 0 Å². The quantitative estimate of drug-likeness (QED) is 0.421. The third-order valence-corrected chi connectivity index (χ3v) is 11.6. The molecule has 0 N–H and O–H groups in total. The molecule has 1 aromatic heterocycles. The molecule has 31 heavy (non-hydrogen) atoms. The molecule has 0 atom stereocenters. The number of nitrogens with zero attached hydrogens (tertiary/aromatic N) is 2. The Labute approximate surface area is 193 Å². The summed E-state index contributed by atoms with van der Waals surface area (Å²) in [6.45, 7) is 5.83. The highest BCUT2D eigenvalue weighted by molar-refractivity contribution is 8.01. The SMILES string of the molecule is CCCS(=O)(=O)N(CCCN1CCCC1=O)C(=O)c1cc(S(=O)(=O)C(C)C)c(SC)s1. The molecule has 0 aliphatic carbocycles. The van der Waals surface area contributed by atoms with Gasteiger partial charge in [0.05, 0.1) is 25.0 Å². The van der Waals surface area contributed by atoms with Crippen LogP contribution in [0.3, 0.4) is 0 Å². The highest BCUT2D eigenvalue weighted by Crippen LogP contribution is 2.36. The lowest BCUT2D eigenvalue weighted by molar-refractivity contribution is -0.127. The number of thiophene rings is 1. The predicted molar refractivity (Wildman–Crippen MR) is 124 cm³/mol. The summed E-state index contributed by atoms with van der Waals surface area (Å²) in [4.78, 5) is 26.8. The molecule has 8 nitrogen and oxygen atoms in total. The highest BCUT2D eigenvalue weighted by atomic mass is 32.2. The molecule has 12 heteroatoms. The number of hydrogen-bond acceptors (Lipinski definition) is 8. The smallest absolute Gasteiger partial charge is 0.277 e. The molecule has 0 aromatic carbocycles. The van der Waals surface area contributed by atoms with Crippen LogP contribution in [0.4, 0.5) is 0 Å². The lowest BCUT2D eigenvalue weighted by Crippen LogP contribution is -2.40. The fourth-order valence-electron chi connectivity index (χ4n) is 3.26. The summed E-state index contributed by atoms with van der Waals surface area (Å²) in [6.07, 6.45) is 3.69. The molecule has 1 saturated heterocycles. The molecular formula is C19H30N2O6S4. The van der Waals surface area contributed by atoms with Gasteiger partial charge < -0.3 is 4.90 Å². The van der Waals surface area contributed by atoms with Crippen LogP contribution in [0.5, 0.6) is 0 Å². The van der Waals surface area contributed by atoms with Gasteiger partial charge in [-0.05, 0) is 45.4 Å². The third-order valence-electron chi connectivity index (χ3n) is 4.97. The maximum absolute atomic E-state index is 13.2. The van der Waals surface area contributed by atoms with Crippen LogP contribution in [0.25, 0.3) is 0 Å². The van der Waals surface area contributed by atoms with Crippen LogP contribution in [-0.2, 0) is 24.7 Å². The Morgan fingerprint density at radius 2 is 1.97 bits per heavy atom. The number of sulfone groups is 1. The molecule has 0 radical (unpaired) electrons. The number of thioether (sulfide) groups is 1. The fourth-order valence-corrected chi connectivity index (χ4v) is 8.58. The number of sulfonamides is 1. The Morgan fingerprint density at radius 1 is 1.29 bits per heavy atom. The van der Waals surface area contributed by atoms with Gasteiger partial charge in [-0.1, -0.05) is 6.92 Å². The number of carbonyl (C=O) groups excluding carboxylic acids is 2. The molecular weight excluding hydrogens is 480 g/mol. The molecule has 2 amide bonds. The van der Waals surface area contributed by atoms with Crippen molar-refractivity contribution >= 4 is 54.8 Å². The minimum atomic E-state index is -3.86. The zero-order valence-electron chi connectivity index (χ0n) is 18.3. The largest absolute Gasteiger partial charge is 0.343 e. The van der Waals surface area contributed by atoms with Crippen LogP contribution >= 0.6 is 23.1 Å². The molecule has 1 aliphatic rings. The summed E-state index contributed by atoms with van der Waals surface area (Å²) in [7, 11) is -7.47. The molecule has 0 unspecified atom stereocenters. The van der Waals surface area contributed by atoms with Crippen LogP contribution in [0.1, 0.15) is 56.1 Å². The van der Waals surface area contributed by atoms with E-state index in [2.05, 4.69) is 0 Å². The predicted octanol–water partition coefficient (Wildman–Crippen LogP) is 2.85. The summed E-state index contributed by atoms with van der Waals surface area (Å²) >= 11 is 2.21. The third kappa shape index (κ3) is 6.02. The summed E-state index contributed by atoms with van der Waals surface area (Å²) < 4.78 is 52.3. The van der Waals surface area contributed by atoms with Gasteiger partial charge in [0.25, 0.3) is 5.91 Å². The Bertz CT molecular complexity index is 1010. The van der Waals surface area contributed by atoms with Crippen LogP contribution in [-0.4, -0.2) is 74.7 Å². The van der Waals surface area contributed by atoms with E-state index in [0.717, 1.165) is 22.1 Å². The van der Waals surface area contributed by atoms with Crippen molar-refractivity contribution in [3.63, 3.8) is 0 Å². The maximum Gasteiger partial charge on any atom is 0.277 e. The number of amides is 2. The lowest BCUT2D eigenvalue weighted by Gasteiger charge is -2.23. The van der Waals surface area contributed by atoms with E-state index in [-0.39, 0.29) is 28.0 Å². The van der Waals surface area contributed by atoms with Gasteiger partial charge in [-0.25, -0.2) is 21.1 Å². The number of hydrogen-bond donors (Lipinski definition) is 0. The van der Waals surface area contributed by atoms with Crippen LogP contribution in [0.15, 0.2) is 15.2 Å². The fraction of sp³-hybridized carbons (Fsp3) is 0.684. The number of rotatable bonds is 11. The van der Waals surface area contributed by atoms with Gasteiger partial charge in [-0.2, -0.15) is 0 Å². The minimum Gasteiger partial charge on any atom is -0.343 e. The monoisotopic (exact) mass is 510 g/mol. The molecule has 1 aromatic rings. The molecule has 2 heterocycles. The highest BCUT2D eigenvalue weighted by Gasteiger charge is 2.32. The normalized spacial score (nSPS) is 15.1. The van der Waals surface area contributed by atoms with Gasteiger partial charge >= 0.3 is 0 Å². The number of likely N-dealkylation sites (tertiary alicyclic amines) is 1. The second-order valence-corrected chi connectivity index (χ2v) is 14.2. The van der Waals surface area contributed by atoms with Crippen molar-refractivity contribution in [2.24, 2.45) is 0 Å². The number of carbonyl (C=O) groups is 2. The summed E-state index contributed by atoms with van der Waals surface area (Å²) in [5, 5.41) is -0.658. The van der Waals surface area contributed by atoms with Gasteiger partial charge in [-0.3, -0.25) is 9.59 Å². The van der Waals surface area contributed by atoms with Crippen molar-refractivity contribution < 1.29 is 26.4 Å². The van der Waals surface area contributed by atoms with Crippen LogP contribution in [0, 0.1) is 0 Å².